The Labute approximate surface area is 192 Å². The fourth-order valence-electron chi connectivity index (χ4n) is 4.18. The molecule has 1 aromatic heterocycles. The van der Waals surface area contributed by atoms with Gasteiger partial charge in [-0.05, 0) is 62.9 Å². The van der Waals surface area contributed by atoms with Crippen molar-refractivity contribution in [1.82, 2.24) is 14.8 Å². The average molecular weight is 455 g/mol. The molecule has 1 saturated heterocycles. The van der Waals surface area contributed by atoms with Crippen LogP contribution in [-0.4, -0.2) is 52.1 Å². The van der Waals surface area contributed by atoms with E-state index in [0.29, 0.717) is 28.4 Å². The Morgan fingerprint density at radius 1 is 1.19 bits per heavy atom. The molecule has 7 nitrogen and oxygen atoms in total. The van der Waals surface area contributed by atoms with Gasteiger partial charge in [-0.25, -0.2) is 4.98 Å². The van der Waals surface area contributed by atoms with Gasteiger partial charge in [-0.1, -0.05) is 20.8 Å². The number of piperidine rings is 1. The van der Waals surface area contributed by atoms with Gasteiger partial charge in [0, 0.05) is 23.5 Å². The van der Waals surface area contributed by atoms with Crippen molar-refractivity contribution in [2.45, 2.75) is 47.1 Å². The first-order valence-electron chi connectivity index (χ1n) is 11.2. The monoisotopic (exact) mass is 454 g/mol. The summed E-state index contributed by atoms with van der Waals surface area (Å²) in [6, 6.07) is 4.68. The van der Waals surface area contributed by atoms with E-state index in [1.165, 1.54) is 35.1 Å². The number of imide groups is 1. The number of hydrogen-bond acceptors (Lipinski definition) is 6. The van der Waals surface area contributed by atoms with Crippen LogP contribution in [0, 0.1) is 18.8 Å². The van der Waals surface area contributed by atoms with E-state index in [0.717, 1.165) is 36.1 Å². The zero-order chi connectivity index (χ0) is 23.0. The molecule has 0 saturated carbocycles. The van der Waals surface area contributed by atoms with Gasteiger partial charge in [0.2, 0.25) is 0 Å². The smallest absolute Gasteiger partial charge is 0.261 e. The molecule has 1 fully saturated rings. The average Bonchev–Trinajstić information content (AvgIpc) is 3.20. The predicted octanol–water partition coefficient (Wildman–Crippen LogP) is 4.19. The van der Waals surface area contributed by atoms with E-state index in [2.05, 4.69) is 22.1 Å². The van der Waals surface area contributed by atoms with Crippen LogP contribution in [0.1, 0.15) is 75.3 Å². The van der Waals surface area contributed by atoms with Crippen molar-refractivity contribution in [2.75, 3.05) is 25.0 Å². The number of carbonyl (C=O) groups excluding carboxylic acids is 3. The zero-order valence-electron chi connectivity index (χ0n) is 19.1. The highest BCUT2D eigenvalue weighted by atomic mass is 32.1. The maximum atomic E-state index is 12.8. The van der Waals surface area contributed by atoms with Gasteiger partial charge in [0.1, 0.15) is 0 Å². The van der Waals surface area contributed by atoms with Crippen LogP contribution in [0.5, 0.6) is 0 Å². The van der Waals surface area contributed by atoms with E-state index in [9.17, 15) is 14.4 Å². The van der Waals surface area contributed by atoms with Gasteiger partial charge in [-0.3, -0.25) is 29.5 Å². The summed E-state index contributed by atoms with van der Waals surface area (Å²) in [4.78, 5) is 47.5. The number of fused-ring (bicyclic) bond motifs is 1. The summed E-state index contributed by atoms with van der Waals surface area (Å²) in [6.45, 7) is 11.6. The van der Waals surface area contributed by atoms with Gasteiger partial charge in [0.25, 0.3) is 17.7 Å². The fourth-order valence-corrected chi connectivity index (χ4v) is 5.18. The number of thiazole rings is 1. The quantitative estimate of drug-likeness (QED) is 0.662. The van der Waals surface area contributed by atoms with Gasteiger partial charge in [0.15, 0.2) is 5.13 Å². The molecule has 4 rings (SSSR count). The van der Waals surface area contributed by atoms with Gasteiger partial charge in [-0.2, -0.15) is 0 Å². The summed E-state index contributed by atoms with van der Waals surface area (Å²) in [5, 5.41) is 3.42. The van der Waals surface area contributed by atoms with Crippen LogP contribution in [0.25, 0.3) is 0 Å². The molecule has 2 aliphatic rings. The number of likely N-dealkylation sites (tertiary alicyclic amines) is 1. The van der Waals surface area contributed by atoms with E-state index in [1.54, 1.807) is 12.1 Å². The lowest BCUT2D eigenvalue weighted by Gasteiger charge is -2.29. The van der Waals surface area contributed by atoms with E-state index >= 15 is 0 Å². The molecule has 1 N–H and O–H groups in total. The van der Waals surface area contributed by atoms with Gasteiger partial charge < -0.3 is 0 Å². The van der Waals surface area contributed by atoms with Crippen LogP contribution in [-0.2, 0) is 6.54 Å². The Kier molecular flexibility index (Phi) is 6.44. The molecule has 3 heterocycles. The molecule has 0 radical (unpaired) electrons. The first kappa shape index (κ1) is 22.6. The predicted molar refractivity (Wildman–Crippen MR) is 125 cm³/mol. The molecule has 3 amide bonds. The number of hydrogen-bond donors (Lipinski definition) is 1. The molecule has 2 aromatic rings. The first-order chi connectivity index (χ1) is 15.2. The minimum Gasteiger partial charge on any atom is -0.298 e. The molecule has 2 aliphatic heterocycles. The van der Waals surface area contributed by atoms with Crippen molar-refractivity contribution in [3.8, 4) is 0 Å². The lowest BCUT2D eigenvalue weighted by molar-refractivity contribution is 0.0636. The Morgan fingerprint density at radius 2 is 1.88 bits per heavy atom. The number of nitrogens with one attached hydrogen (secondary N) is 1. The minimum atomic E-state index is -0.337. The topological polar surface area (TPSA) is 82.6 Å². The summed E-state index contributed by atoms with van der Waals surface area (Å²) in [5.74, 6) is 0.00301. The molecule has 0 atom stereocenters. The molecule has 170 valence electrons. The molecular weight excluding hydrogens is 424 g/mol. The number of carbonyl (C=O) groups is 3. The Bertz CT molecular complexity index is 1050. The van der Waals surface area contributed by atoms with E-state index in [1.807, 2.05) is 20.8 Å². The second-order valence-corrected chi connectivity index (χ2v) is 10.4. The lowest BCUT2D eigenvalue weighted by atomic mass is 9.99. The van der Waals surface area contributed by atoms with Crippen molar-refractivity contribution < 1.29 is 14.4 Å². The molecule has 32 heavy (non-hydrogen) atoms. The largest absolute Gasteiger partial charge is 0.298 e. The summed E-state index contributed by atoms with van der Waals surface area (Å²) >= 11 is 1.50. The fraction of sp³-hybridized carbons (Fsp3) is 0.500. The maximum Gasteiger partial charge on any atom is 0.261 e. The van der Waals surface area contributed by atoms with Crippen molar-refractivity contribution in [2.24, 2.45) is 11.8 Å². The van der Waals surface area contributed by atoms with Crippen LogP contribution < -0.4 is 5.32 Å². The number of benzene rings is 1. The molecule has 0 bridgehead atoms. The highest BCUT2D eigenvalue weighted by molar-refractivity contribution is 7.15. The Morgan fingerprint density at radius 3 is 2.56 bits per heavy atom. The van der Waals surface area contributed by atoms with Crippen LogP contribution in [0.4, 0.5) is 5.13 Å². The Balaban J connectivity index is 1.45. The zero-order valence-corrected chi connectivity index (χ0v) is 19.9. The van der Waals surface area contributed by atoms with Crippen LogP contribution in [0.15, 0.2) is 18.2 Å². The van der Waals surface area contributed by atoms with Crippen LogP contribution in [0.2, 0.25) is 0 Å². The summed E-state index contributed by atoms with van der Waals surface area (Å²) < 4.78 is 0. The van der Waals surface area contributed by atoms with Gasteiger partial charge in [0.05, 0.1) is 16.8 Å². The van der Waals surface area contributed by atoms with Crippen molar-refractivity contribution in [1.29, 1.82) is 0 Å². The third-order valence-electron chi connectivity index (χ3n) is 6.14. The molecule has 0 spiro atoms. The number of aryl methyl sites for hydroxylation is 1. The summed E-state index contributed by atoms with van der Waals surface area (Å²) in [5.41, 5.74) is 1.92. The first-order valence-corrected chi connectivity index (χ1v) is 12.0. The van der Waals surface area contributed by atoms with Crippen LogP contribution >= 0.6 is 11.3 Å². The maximum absolute atomic E-state index is 12.8. The summed E-state index contributed by atoms with van der Waals surface area (Å²) in [6.07, 6.45) is 2.44. The minimum absolute atomic E-state index is 0.177. The molecular formula is C24H30N4O3S. The van der Waals surface area contributed by atoms with E-state index in [-0.39, 0.29) is 23.6 Å². The van der Waals surface area contributed by atoms with Crippen molar-refractivity contribution >= 4 is 34.2 Å². The SMILES string of the molecule is Cc1nc(NC(=O)c2ccc3c(c2)C(=O)N(CC(C)C)C3=O)sc1CN1CCC(C)CC1. The van der Waals surface area contributed by atoms with Crippen LogP contribution in [0.3, 0.4) is 0 Å². The van der Waals surface area contributed by atoms with Gasteiger partial charge >= 0.3 is 0 Å². The molecule has 0 unspecified atom stereocenters. The highest BCUT2D eigenvalue weighted by Gasteiger charge is 2.36. The number of aromatic nitrogens is 1. The van der Waals surface area contributed by atoms with Crippen molar-refractivity contribution in [3.05, 3.63) is 45.5 Å². The number of nitrogens with zero attached hydrogens (tertiary/aromatic N) is 3. The Hall–Kier alpha value is -2.58. The second kappa shape index (κ2) is 9.11. The summed E-state index contributed by atoms with van der Waals surface area (Å²) in [7, 11) is 0. The molecule has 8 heteroatoms. The normalized spacial score (nSPS) is 17.3. The van der Waals surface area contributed by atoms with Gasteiger partial charge in [-0.15, -0.1) is 11.3 Å². The van der Waals surface area contributed by atoms with E-state index in [4.69, 9.17) is 0 Å². The molecule has 1 aromatic carbocycles. The standard InChI is InChI=1S/C24H30N4O3S/c1-14(2)12-28-22(30)18-6-5-17(11-19(18)23(28)31)21(29)26-24-25-16(4)20(32-24)13-27-9-7-15(3)8-10-27/h5-6,11,14-15H,7-10,12-13H2,1-4H3,(H,25,26,29). The lowest BCUT2D eigenvalue weighted by Crippen LogP contribution is -2.33. The number of amides is 3. The number of rotatable bonds is 6. The molecule has 0 aliphatic carbocycles. The van der Waals surface area contributed by atoms with E-state index < -0.39 is 0 Å². The second-order valence-electron chi connectivity index (χ2n) is 9.32. The van der Waals surface area contributed by atoms with Crippen molar-refractivity contribution in [3.63, 3.8) is 0 Å². The third kappa shape index (κ3) is 4.61. The third-order valence-corrected chi connectivity index (χ3v) is 7.19. The number of anilines is 1. The highest BCUT2D eigenvalue weighted by Crippen LogP contribution is 2.28.